The minimum Gasteiger partial charge on any atom is -0.508 e. The molecule has 0 radical (unpaired) electrons. The van der Waals surface area contributed by atoms with Gasteiger partial charge in [-0.25, -0.2) is 4.98 Å². The van der Waals surface area contributed by atoms with Crippen LogP contribution >= 0.6 is 11.3 Å². The fourth-order valence-electron chi connectivity index (χ4n) is 3.13. The molecule has 1 fully saturated rings. The molecular weight excluding hydrogens is 376 g/mol. The monoisotopic (exact) mass is 402 g/mol. The molecule has 2 heterocycles. The lowest BCUT2D eigenvalue weighted by molar-refractivity contribution is -0.142. The number of aromatic nitrogens is 1. The van der Waals surface area contributed by atoms with Gasteiger partial charge in [0, 0.05) is 17.5 Å². The van der Waals surface area contributed by atoms with Crippen LogP contribution < -0.4 is 5.43 Å². The zero-order valence-electron chi connectivity index (χ0n) is 16.1. The van der Waals surface area contributed by atoms with Crippen LogP contribution in [-0.2, 0) is 22.5 Å². The number of esters is 1. The van der Waals surface area contributed by atoms with E-state index < -0.39 is 0 Å². The topological polar surface area (TPSA) is 87.0 Å². The Morgan fingerprint density at radius 2 is 2.21 bits per heavy atom. The molecule has 150 valence electrons. The SMILES string of the molecule is CCOC(=O)Cc1csc(NN=Cc2ccc(O)c(CN3CCCCC3)c2)n1. The Morgan fingerprint density at radius 3 is 3.00 bits per heavy atom. The Kier molecular flexibility index (Phi) is 7.39. The first-order valence-electron chi connectivity index (χ1n) is 9.57. The number of nitrogens with zero attached hydrogens (tertiary/aromatic N) is 3. The first-order valence-corrected chi connectivity index (χ1v) is 10.5. The molecule has 28 heavy (non-hydrogen) atoms. The molecule has 1 aliphatic rings. The quantitative estimate of drug-likeness (QED) is 0.400. The summed E-state index contributed by atoms with van der Waals surface area (Å²) in [6.45, 7) is 5.06. The molecule has 0 spiro atoms. The van der Waals surface area contributed by atoms with Crippen LogP contribution in [0.25, 0.3) is 0 Å². The van der Waals surface area contributed by atoms with Crippen molar-refractivity contribution in [3.05, 3.63) is 40.4 Å². The second-order valence-corrected chi connectivity index (χ2v) is 7.58. The summed E-state index contributed by atoms with van der Waals surface area (Å²) < 4.78 is 4.92. The molecule has 1 saturated heterocycles. The fourth-order valence-corrected chi connectivity index (χ4v) is 3.79. The number of aromatic hydroxyl groups is 1. The number of nitrogens with one attached hydrogen (secondary N) is 1. The molecule has 7 nitrogen and oxygen atoms in total. The predicted octanol–water partition coefficient (Wildman–Crippen LogP) is 3.39. The van der Waals surface area contributed by atoms with Gasteiger partial charge < -0.3 is 9.84 Å². The standard InChI is InChI=1S/C20H26N4O3S/c1-2-27-19(26)11-17-14-28-20(22-17)23-21-12-15-6-7-18(25)16(10-15)13-24-8-4-3-5-9-24/h6-7,10,12,14,25H,2-5,8-9,11,13H2,1H3,(H,22,23). The lowest BCUT2D eigenvalue weighted by atomic mass is 10.1. The van der Waals surface area contributed by atoms with Crippen molar-refractivity contribution in [2.45, 2.75) is 39.2 Å². The summed E-state index contributed by atoms with van der Waals surface area (Å²) >= 11 is 1.38. The number of carbonyl (C=O) groups excluding carboxylic acids is 1. The highest BCUT2D eigenvalue weighted by Crippen LogP contribution is 2.22. The van der Waals surface area contributed by atoms with Crippen LogP contribution in [0.4, 0.5) is 5.13 Å². The molecule has 2 N–H and O–H groups in total. The van der Waals surface area contributed by atoms with Gasteiger partial charge >= 0.3 is 5.97 Å². The van der Waals surface area contributed by atoms with Crippen molar-refractivity contribution in [1.82, 2.24) is 9.88 Å². The van der Waals surface area contributed by atoms with Gasteiger partial charge in [-0.15, -0.1) is 11.3 Å². The second kappa shape index (κ2) is 10.2. The third kappa shape index (κ3) is 6.03. The number of likely N-dealkylation sites (tertiary alicyclic amines) is 1. The number of phenols is 1. The number of ether oxygens (including phenoxy) is 1. The Balaban J connectivity index is 1.56. The van der Waals surface area contributed by atoms with E-state index in [0.29, 0.717) is 23.2 Å². The van der Waals surface area contributed by atoms with Gasteiger partial charge in [-0.1, -0.05) is 6.42 Å². The molecule has 0 aliphatic carbocycles. The van der Waals surface area contributed by atoms with E-state index in [9.17, 15) is 9.90 Å². The molecule has 2 aromatic rings. The van der Waals surface area contributed by atoms with Crippen LogP contribution in [0, 0.1) is 0 Å². The first kappa shape index (κ1) is 20.3. The first-order chi connectivity index (χ1) is 13.6. The minimum absolute atomic E-state index is 0.160. The molecule has 0 saturated carbocycles. The van der Waals surface area contributed by atoms with E-state index in [0.717, 1.165) is 30.8 Å². The van der Waals surface area contributed by atoms with E-state index >= 15 is 0 Å². The Morgan fingerprint density at radius 1 is 1.39 bits per heavy atom. The van der Waals surface area contributed by atoms with Crippen LogP contribution in [0.1, 0.15) is 43.0 Å². The van der Waals surface area contributed by atoms with Crippen molar-refractivity contribution < 1.29 is 14.6 Å². The number of thiazole rings is 1. The van der Waals surface area contributed by atoms with Crippen molar-refractivity contribution in [3.8, 4) is 5.75 Å². The Labute approximate surface area is 169 Å². The van der Waals surface area contributed by atoms with Crippen molar-refractivity contribution >= 4 is 28.7 Å². The molecule has 1 aromatic heterocycles. The largest absolute Gasteiger partial charge is 0.508 e. The number of hydrazone groups is 1. The molecule has 3 rings (SSSR count). The average molecular weight is 403 g/mol. The number of hydrogen-bond acceptors (Lipinski definition) is 8. The van der Waals surface area contributed by atoms with Crippen molar-refractivity contribution in [3.63, 3.8) is 0 Å². The highest BCUT2D eigenvalue weighted by Gasteiger charge is 2.13. The third-order valence-electron chi connectivity index (χ3n) is 4.50. The number of phenolic OH excluding ortho intramolecular Hbond substituents is 1. The number of carbonyl (C=O) groups is 1. The third-order valence-corrected chi connectivity index (χ3v) is 5.30. The highest BCUT2D eigenvalue weighted by atomic mass is 32.1. The van der Waals surface area contributed by atoms with E-state index in [-0.39, 0.29) is 12.4 Å². The number of rotatable bonds is 8. The molecule has 1 aromatic carbocycles. The normalized spacial score (nSPS) is 15.0. The average Bonchev–Trinajstić information content (AvgIpc) is 3.12. The van der Waals surface area contributed by atoms with Crippen molar-refractivity contribution in [2.24, 2.45) is 5.10 Å². The van der Waals surface area contributed by atoms with Gasteiger partial charge in [-0.3, -0.25) is 15.1 Å². The van der Waals surface area contributed by atoms with Crippen molar-refractivity contribution in [1.29, 1.82) is 0 Å². The van der Waals surface area contributed by atoms with Gasteiger partial charge in [0.25, 0.3) is 0 Å². The Bertz CT molecular complexity index is 816. The summed E-state index contributed by atoms with van der Waals surface area (Å²) in [6, 6.07) is 5.50. The summed E-state index contributed by atoms with van der Waals surface area (Å²) in [5, 5.41) is 16.8. The van der Waals surface area contributed by atoms with Gasteiger partial charge in [0.05, 0.1) is 24.9 Å². The summed E-state index contributed by atoms with van der Waals surface area (Å²) in [5.41, 5.74) is 5.36. The van der Waals surface area contributed by atoms with Crippen molar-refractivity contribution in [2.75, 3.05) is 25.1 Å². The van der Waals surface area contributed by atoms with E-state index in [4.69, 9.17) is 4.74 Å². The van der Waals surface area contributed by atoms with Gasteiger partial charge in [-0.05, 0) is 56.6 Å². The lowest BCUT2D eigenvalue weighted by Gasteiger charge is -2.26. The highest BCUT2D eigenvalue weighted by molar-refractivity contribution is 7.13. The molecule has 1 aliphatic heterocycles. The van der Waals surface area contributed by atoms with Crippen LogP contribution in [0.2, 0.25) is 0 Å². The number of anilines is 1. The fraction of sp³-hybridized carbons (Fsp3) is 0.450. The lowest BCUT2D eigenvalue weighted by Crippen LogP contribution is -2.29. The van der Waals surface area contributed by atoms with E-state index in [2.05, 4.69) is 20.4 Å². The van der Waals surface area contributed by atoms with Crippen LogP contribution in [0.5, 0.6) is 5.75 Å². The van der Waals surface area contributed by atoms with E-state index in [1.165, 1.54) is 30.6 Å². The molecule has 0 bridgehead atoms. The van der Waals surface area contributed by atoms with Crippen LogP contribution in [0.3, 0.4) is 0 Å². The van der Waals surface area contributed by atoms with E-state index in [1.807, 2.05) is 17.5 Å². The van der Waals surface area contributed by atoms with Gasteiger partial charge in [0.15, 0.2) is 0 Å². The molecule has 0 unspecified atom stereocenters. The molecular formula is C20H26N4O3S. The van der Waals surface area contributed by atoms with Crippen LogP contribution in [-0.4, -0.2) is 46.9 Å². The second-order valence-electron chi connectivity index (χ2n) is 6.72. The zero-order chi connectivity index (χ0) is 19.8. The van der Waals surface area contributed by atoms with Gasteiger partial charge in [0.1, 0.15) is 5.75 Å². The Hall–Kier alpha value is -2.45. The number of benzene rings is 1. The summed E-state index contributed by atoms with van der Waals surface area (Å²) in [7, 11) is 0. The maximum atomic E-state index is 11.5. The smallest absolute Gasteiger partial charge is 0.311 e. The predicted molar refractivity (Wildman–Crippen MR) is 111 cm³/mol. The number of hydrogen-bond donors (Lipinski definition) is 2. The molecule has 0 atom stereocenters. The van der Waals surface area contributed by atoms with E-state index in [1.54, 1.807) is 19.2 Å². The van der Waals surface area contributed by atoms with Gasteiger partial charge in [-0.2, -0.15) is 5.10 Å². The van der Waals surface area contributed by atoms with Crippen LogP contribution in [0.15, 0.2) is 28.7 Å². The molecule has 8 heteroatoms. The minimum atomic E-state index is -0.284. The summed E-state index contributed by atoms with van der Waals surface area (Å²) in [5.74, 6) is 0.0346. The molecule has 0 amide bonds. The number of piperidine rings is 1. The van der Waals surface area contributed by atoms with Gasteiger partial charge in [0.2, 0.25) is 5.13 Å². The summed E-state index contributed by atoms with van der Waals surface area (Å²) in [4.78, 5) is 18.2. The maximum Gasteiger partial charge on any atom is 0.311 e. The maximum absolute atomic E-state index is 11.5. The summed E-state index contributed by atoms with van der Waals surface area (Å²) in [6.07, 6.45) is 5.59. The zero-order valence-corrected chi connectivity index (χ0v) is 16.9.